The van der Waals surface area contributed by atoms with Gasteiger partial charge >= 0.3 is 0 Å². The van der Waals surface area contributed by atoms with Crippen molar-refractivity contribution in [1.82, 2.24) is 0 Å². The van der Waals surface area contributed by atoms with E-state index < -0.39 is 0 Å². The maximum absolute atomic E-state index is 10.2. The molecule has 2 aromatic heterocycles. The first-order valence-electron chi connectivity index (χ1n) is 13.4. The van der Waals surface area contributed by atoms with Crippen LogP contribution in [-0.2, 0) is 12.5 Å². The normalized spacial score (nSPS) is 13.2. The largest absolute Gasteiger partial charge is 0.454 e. The summed E-state index contributed by atoms with van der Waals surface area (Å²) in [4.78, 5) is 3.85. The summed E-state index contributed by atoms with van der Waals surface area (Å²) in [6, 6.07) is 29.1. The van der Waals surface area contributed by atoms with Crippen LogP contribution < -0.4 is 4.57 Å². The van der Waals surface area contributed by atoms with Gasteiger partial charge in [-0.25, -0.2) is 9.41 Å². The molecule has 1 aliphatic rings. The molecule has 0 saturated heterocycles. The lowest BCUT2D eigenvalue weighted by molar-refractivity contribution is -0.660. The van der Waals surface area contributed by atoms with Gasteiger partial charge in [0.15, 0.2) is 11.9 Å². The Morgan fingerprint density at radius 1 is 0.850 bits per heavy atom. The Balaban J connectivity index is 1.55. The summed E-state index contributed by atoms with van der Waals surface area (Å²) in [5.41, 5.74) is 11.8. The first-order valence-corrected chi connectivity index (χ1v) is 13.4. The summed E-state index contributed by atoms with van der Waals surface area (Å²) in [7, 11) is 2.04. The number of hydrogen-bond donors (Lipinski definition) is 0. The van der Waals surface area contributed by atoms with Crippen molar-refractivity contribution in [2.75, 3.05) is 0 Å². The Kier molecular flexibility index (Phi) is 5.02. The molecular formula is C36H26N3O+. The van der Waals surface area contributed by atoms with Crippen molar-refractivity contribution in [2.24, 2.45) is 7.05 Å². The fraction of sp³-hybridized carbons (Fsp3) is 0.139. The number of nitrogens with zero attached hydrogens (tertiary/aromatic N) is 3. The Hall–Kier alpha value is -5.19. The molecule has 0 atom stereocenters. The lowest BCUT2D eigenvalue weighted by Crippen LogP contribution is -2.30. The molecule has 1 aliphatic carbocycles. The van der Waals surface area contributed by atoms with Crippen LogP contribution >= 0.6 is 0 Å². The van der Waals surface area contributed by atoms with Gasteiger partial charge in [-0.2, -0.15) is 5.26 Å². The molecule has 4 aromatic carbocycles. The number of rotatable bonds is 2. The van der Waals surface area contributed by atoms with Gasteiger partial charge in [0.1, 0.15) is 18.2 Å². The molecule has 0 radical (unpaired) electrons. The fourth-order valence-electron chi connectivity index (χ4n) is 6.52. The number of hydrogen-bond acceptors (Lipinski definition) is 2. The van der Waals surface area contributed by atoms with Crippen LogP contribution in [0.1, 0.15) is 36.1 Å². The van der Waals surface area contributed by atoms with E-state index in [0.29, 0.717) is 16.8 Å². The standard InChI is InChI=1S/C36H26N3O/c1-21-12-15-24-25-16-13-23(20-37)32(35(25)40-34(24)31(21)30-11-6-7-18-39(30)5)22-14-17-27-26(19-22)33-28(36(27,2)3)9-8-10-29(33)38-4/h6-19H,1-3,5H3/q+1. The molecule has 4 nitrogen and oxygen atoms in total. The number of pyridine rings is 1. The van der Waals surface area contributed by atoms with Gasteiger partial charge in [-0.1, -0.05) is 56.3 Å². The zero-order chi connectivity index (χ0) is 27.8. The lowest BCUT2D eigenvalue weighted by Gasteiger charge is -2.21. The molecule has 7 rings (SSSR count). The van der Waals surface area contributed by atoms with E-state index in [1.165, 1.54) is 5.56 Å². The fourth-order valence-corrected chi connectivity index (χ4v) is 6.52. The molecule has 0 saturated carbocycles. The third-order valence-electron chi connectivity index (χ3n) is 8.54. The average molecular weight is 517 g/mol. The Morgan fingerprint density at radius 2 is 1.62 bits per heavy atom. The highest BCUT2D eigenvalue weighted by molar-refractivity contribution is 6.14. The van der Waals surface area contributed by atoms with E-state index in [0.717, 1.165) is 61.0 Å². The first kappa shape index (κ1) is 23.9. The second kappa shape index (κ2) is 8.40. The molecule has 190 valence electrons. The van der Waals surface area contributed by atoms with Crippen LogP contribution in [0, 0.1) is 24.8 Å². The first-order chi connectivity index (χ1) is 19.3. The zero-order valence-electron chi connectivity index (χ0n) is 22.8. The molecule has 0 unspecified atom stereocenters. The van der Waals surface area contributed by atoms with Crippen LogP contribution in [-0.4, -0.2) is 0 Å². The summed E-state index contributed by atoms with van der Waals surface area (Å²) >= 11 is 0. The average Bonchev–Trinajstić information content (AvgIpc) is 3.45. The smallest absolute Gasteiger partial charge is 0.216 e. The number of furan rings is 1. The number of fused-ring (bicyclic) bond motifs is 6. The van der Waals surface area contributed by atoms with Gasteiger partial charge in [-0.3, -0.25) is 0 Å². The van der Waals surface area contributed by atoms with Crippen molar-refractivity contribution < 1.29 is 8.98 Å². The monoisotopic (exact) mass is 516 g/mol. The molecule has 0 aliphatic heterocycles. The minimum Gasteiger partial charge on any atom is -0.454 e. The molecule has 0 amide bonds. The third-order valence-corrected chi connectivity index (χ3v) is 8.54. The predicted octanol–water partition coefficient (Wildman–Crippen LogP) is 8.78. The SMILES string of the molecule is [C-]#[N+]c1cccc2c1-c1cc(-c3c(C#N)ccc4c3oc3c(-c5cccc[n+]5C)c(C)ccc34)ccc1C2(C)C. The van der Waals surface area contributed by atoms with Crippen LogP contribution in [0.4, 0.5) is 5.69 Å². The van der Waals surface area contributed by atoms with Gasteiger partial charge in [0.05, 0.1) is 23.8 Å². The summed E-state index contributed by atoms with van der Waals surface area (Å²) in [5, 5.41) is 12.2. The second-order valence-corrected chi connectivity index (χ2v) is 11.1. The minimum absolute atomic E-state index is 0.217. The maximum Gasteiger partial charge on any atom is 0.216 e. The van der Waals surface area contributed by atoms with Gasteiger partial charge in [0.25, 0.3) is 0 Å². The molecular weight excluding hydrogens is 490 g/mol. The molecule has 0 N–H and O–H groups in total. The highest BCUT2D eigenvalue weighted by atomic mass is 16.3. The van der Waals surface area contributed by atoms with Gasteiger partial charge in [-0.15, -0.1) is 0 Å². The van der Waals surface area contributed by atoms with Gasteiger partial charge < -0.3 is 4.42 Å². The minimum atomic E-state index is -0.217. The molecule has 4 heteroatoms. The number of aryl methyl sites for hydroxylation is 2. The zero-order valence-corrected chi connectivity index (χ0v) is 22.8. The van der Waals surface area contributed by atoms with Gasteiger partial charge in [-0.05, 0) is 64.6 Å². The molecule has 40 heavy (non-hydrogen) atoms. The number of benzene rings is 4. The highest BCUT2D eigenvalue weighted by Crippen LogP contribution is 2.53. The topological polar surface area (TPSA) is 45.2 Å². The van der Waals surface area contributed by atoms with Crippen molar-refractivity contribution in [1.29, 1.82) is 5.26 Å². The van der Waals surface area contributed by atoms with Gasteiger partial charge in [0.2, 0.25) is 5.69 Å². The van der Waals surface area contributed by atoms with Crippen molar-refractivity contribution in [3.63, 3.8) is 0 Å². The second-order valence-electron chi connectivity index (χ2n) is 11.1. The van der Waals surface area contributed by atoms with Crippen LogP contribution in [0.15, 0.2) is 89.5 Å². The van der Waals surface area contributed by atoms with Crippen LogP contribution in [0.3, 0.4) is 0 Å². The molecule has 6 aromatic rings. The van der Waals surface area contributed by atoms with Crippen molar-refractivity contribution in [3.8, 4) is 39.6 Å². The third kappa shape index (κ3) is 3.14. The summed E-state index contributed by atoms with van der Waals surface area (Å²) < 4.78 is 8.87. The highest BCUT2D eigenvalue weighted by Gasteiger charge is 2.37. The van der Waals surface area contributed by atoms with Crippen molar-refractivity contribution >= 4 is 27.6 Å². The predicted molar refractivity (Wildman–Crippen MR) is 159 cm³/mol. The van der Waals surface area contributed by atoms with Crippen LogP contribution in [0.25, 0.3) is 60.3 Å². The molecule has 0 bridgehead atoms. The van der Waals surface area contributed by atoms with Crippen molar-refractivity contribution in [2.45, 2.75) is 26.2 Å². The van der Waals surface area contributed by atoms with Gasteiger partial charge in [0, 0.05) is 33.9 Å². The quantitative estimate of drug-likeness (QED) is 0.171. The lowest BCUT2D eigenvalue weighted by atomic mass is 9.82. The van der Waals surface area contributed by atoms with Crippen LogP contribution in [0.2, 0.25) is 0 Å². The van der Waals surface area contributed by atoms with E-state index in [9.17, 15) is 5.26 Å². The Morgan fingerprint density at radius 3 is 2.38 bits per heavy atom. The number of aromatic nitrogens is 1. The Bertz CT molecular complexity index is 2130. The summed E-state index contributed by atoms with van der Waals surface area (Å²) in [6.45, 7) is 14.3. The van der Waals surface area contributed by atoms with E-state index in [2.05, 4.69) is 78.7 Å². The molecule has 0 fully saturated rings. The maximum atomic E-state index is 10.2. The summed E-state index contributed by atoms with van der Waals surface area (Å²) in [5.74, 6) is 0. The van der Waals surface area contributed by atoms with E-state index in [1.807, 2.05) is 49.6 Å². The Labute approximate surface area is 233 Å². The number of nitriles is 1. The summed E-state index contributed by atoms with van der Waals surface area (Å²) in [6.07, 6.45) is 2.04. The molecule has 2 heterocycles. The van der Waals surface area contributed by atoms with E-state index >= 15 is 0 Å². The van der Waals surface area contributed by atoms with Crippen molar-refractivity contribution in [3.05, 3.63) is 119 Å². The van der Waals surface area contributed by atoms with E-state index in [1.54, 1.807) is 0 Å². The van der Waals surface area contributed by atoms with E-state index in [-0.39, 0.29) is 5.41 Å². The van der Waals surface area contributed by atoms with Crippen LogP contribution in [0.5, 0.6) is 0 Å². The van der Waals surface area contributed by atoms with E-state index in [4.69, 9.17) is 11.0 Å². The molecule has 0 spiro atoms.